The smallest absolute Gasteiger partial charge is 0.337 e. The minimum absolute atomic E-state index is 0.159. The van der Waals surface area contributed by atoms with E-state index in [0.717, 1.165) is 5.56 Å². The van der Waals surface area contributed by atoms with Crippen LogP contribution < -0.4 is 5.56 Å². The lowest BCUT2D eigenvalue weighted by atomic mass is 10.1. The lowest BCUT2D eigenvalue weighted by Crippen LogP contribution is -2.22. The van der Waals surface area contributed by atoms with Crippen molar-refractivity contribution in [1.82, 2.24) is 9.55 Å². The van der Waals surface area contributed by atoms with E-state index in [1.807, 2.05) is 6.07 Å². The molecular weight excluding hydrogens is 384 g/mol. The first-order valence-electron chi connectivity index (χ1n) is 8.14. The van der Waals surface area contributed by atoms with E-state index < -0.39 is 0 Å². The lowest BCUT2D eigenvalue weighted by molar-refractivity contribution is 0.0600. The topological polar surface area (TPSA) is 61.2 Å². The van der Waals surface area contributed by atoms with E-state index >= 15 is 0 Å². The molecule has 138 valence electrons. The molecular formula is C20H17ClN2O3S. The molecule has 0 saturated carbocycles. The number of thioether (sulfide) groups is 1. The number of halogens is 1. The number of rotatable bonds is 6. The fourth-order valence-electron chi connectivity index (χ4n) is 2.63. The summed E-state index contributed by atoms with van der Waals surface area (Å²) in [5.74, 6) is 0.166. The van der Waals surface area contributed by atoms with Crippen LogP contribution in [-0.2, 0) is 17.0 Å². The number of methoxy groups -OCH3 is 1. The molecule has 0 aliphatic rings. The highest BCUT2D eigenvalue weighted by Crippen LogP contribution is 2.24. The van der Waals surface area contributed by atoms with Crippen LogP contribution in [0.1, 0.15) is 15.9 Å². The molecule has 0 fully saturated rings. The Bertz CT molecular complexity index is 1080. The largest absolute Gasteiger partial charge is 0.465 e. The van der Waals surface area contributed by atoms with Gasteiger partial charge in [-0.05, 0) is 35.9 Å². The zero-order valence-corrected chi connectivity index (χ0v) is 16.2. The second-order valence-corrected chi connectivity index (χ2v) is 7.12. The lowest BCUT2D eigenvalue weighted by Gasteiger charge is -2.12. The van der Waals surface area contributed by atoms with Crippen LogP contribution in [0.15, 0.2) is 65.1 Å². The van der Waals surface area contributed by atoms with E-state index in [-0.39, 0.29) is 11.5 Å². The quantitative estimate of drug-likeness (QED) is 0.267. The summed E-state index contributed by atoms with van der Waals surface area (Å²) in [6, 6.07) is 12.3. The average molecular weight is 401 g/mol. The van der Waals surface area contributed by atoms with Crippen molar-refractivity contribution in [3.63, 3.8) is 0 Å². The Kier molecular flexibility index (Phi) is 5.98. The van der Waals surface area contributed by atoms with Gasteiger partial charge in [0.25, 0.3) is 5.56 Å². The van der Waals surface area contributed by atoms with Gasteiger partial charge < -0.3 is 4.74 Å². The molecule has 1 aromatic heterocycles. The Labute approximate surface area is 165 Å². The predicted octanol–water partition coefficient (Wildman–Crippen LogP) is 4.31. The van der Waals surface area contributed by atoms with Crippen LogP contribution in [-0.4, -0.2) is 22.6 Å². The fraction of sp³-hybridized carbons (Fsp3) is 0.150. The number of carbonyl (C=O) groups is 1. The van der Waals surface area contributed by atoms with Gasteiger partial charge in [-0.2, -0.15) is 0 Å². The highest BCUT2D eigenvalue weighted by Gasteiger charge is 2.12. The molecule has 0 bridgehead atoms. The molecule has 0 saturated heterocycles. The summed E-state index contributed by atoms with van der Waals surface area (Å²) in [6.45, 7) is 4.07. The van der Waals surface area contributed by atoms with Gasteiger partial charge in [0, 0.05) is 17.3 Å². The Hall–Kier alpha value is -2.57. The third-order valence-corrected chi connectivity index (χ3v) is 5.19. The maximum atomic E-state index is 12.8. The molecule has 0 atom stereocenters. The van der Waals surface area contributed by atoms with Crippen molar-refractivity contribution in [2.75, 3.05) is 7.11 Å². The minimum Gasteiger partial charge on any atom is -0.465 e. The number of hydrogen-bond acceptors (Lipinski definition) is 5. The molecule has 1 heterocycles. The molecule has 0 aliphatic heterocycles. The minimum atomic E-state index is -0.383. The Morgan fingerprint density at radius 2 is 2.15 bits per heavy atom. The standard InChI is InChI=1S/C20H17ClN2O3S/c1-3-9-23-18(24)16-11-15(21)7-8-17(16)22-20(23)27-12-13-5-4-6-14(10-13)19(25)26-2/h3-8,10-11H,1,9,12H2,2H3. The number of allylic oxidation sites excluding steroid dienone is 1. The highest BCUT2D eigenvalue weighted by atomic mass is 35.5. The van der Waals surface area contributed by atoms with Crippen molar-refractivity contribution in [2.24, 2.45) is 0 Å². The third kappa shape index (κ3) is 4.23. The van der Waals surface area contributed by atoms with Crippen molar-refractivity contribution < 1.29 is 9.53 Å². The predicted molar refractivity (Wildman–Crippen MR) is 109 cm³/mol. The van der Waals surface area contributed by atoms with Crippen molar-refractivity contribution in [3.05, 3.63) is 81.6 Å². The molecule has 2 aromatic carbocycles. The van der Waals surface area contributed by atoms with Gasteiger partial charge in [0.1, 0.15) is 0 Å². The van der Waals surface area contributed by atoms with Gasteiger partial charge in [-0.25, -0.2) is 9.78 Å². The maximum Gasteiger partial charge on any atom is 0.337 e. The zero-order chi connectivity index (χ0) is 19.4. The van der Waals surface area contributed by atoms with Gasteiger partial charge in [-0.15, -0.1) is 6.58 Å². The summed E-state index contributed by atoms with van der Waals surface area (Å²) >= 11 is 7.43. The number of carbonyl (C=O) groups excluding carboxylic acids is 1. The average Bonchev–Trinajstić information content (AvgIpc) is 2.69. The number of esters is 1. The highest BCUT2D eigenvalue weighted by molar-refractivity contribution is 7.98. The number of aromatic nitrogens is 2. The second-order valence-electron chi connectivity index (χ2n) is 5.74. The molecule has 0 unspecified atom stereocenters. The van der Waals surface area contributed by atoms with Crippen LogP contribution in [0.3, 0.4) is 0 Å². The van der Waals surface area contributed by atoms with Crippen molar-refractivity contribution in [1.29, 1.82) is 0 Å². The van der Waals surface area contributed by atoms with E-state index in [0.29, 0.717) is 38.9 Å². The van der Waals surface area contributed by atoms with Crippen LogP contribution in [0.4, 0.5) is 0 Å². The van der Waals surface area contributed by atoms with Crippen molar-refractivity contribution >= 4 is 40.2 Å². The first-order valence-corrected chi connectivity index (χ1v) is 9.51. The monoisotopic (exact) mass is 400 g/mol. The van der Waals surface area contributed by atoms with E-state index in [1.165, 1.54) is 18.9 Å². The van der Waals surface area contributed by atoms with Gasteiger partial charge in [-0.3, -0.25) is 9.36 Å². The van der Waals surface area contributed by atoms with E-state index in [9.17, 15) is 9.59 Å². The molecule has 3 aromatic rings. The second kappa shape index (κ2) is 8.41. The summed E-state index contributed by atoms with van der Waals surface area (Å²) in [6.07, 6.45) is 1.65. The number of benzene rings is 2. The Morgan fingerprint density at radius 3 is 2.89 bits per heavy atom. The first-order chi connectivity index (χ1) is 13.0. The van der Waals surface area contributed by atoms with Crippen molar-refractivity contribution in [3.8, 4) is 0 Å². The maximum absolute atomic E-state index is 12.8. The Morgan fingerprint density at radius 1 is 1.33 bits per heavy atom. The molecule has 5 nitrogen and oxygen atoms in total. The summed E-state index contributed by atoms with van der Waals surface area (Å²) in [7, 11) is 1.35. The van der Waals surface area contributed by atoms with Crippen LogP contribution in [0.2, 0.25) is 5.02 Å². The number of hydrogen-bond donors (Lipinski definition) is 0. The van der Waals surface area contributed by atoms with Crippen LogP contribution >= 0.6 is 23.4 Å². The van der Waals surface area contributed by atoms with Crippen LogP contribution in [0, 0.1) is 0 Å². The molecule has 0 amide bonds. The fourth-order valence-corrected chi connectivity index (χ4v) is 3.75. The molecule has 3 rings (SSSR count). The number of ether oxygens (including phenoxy) is 1. The van der Waals surface area contributed by atoms with Gasteiger partial charge in [0.15, 0.2) is 5.16 Å². The zero-order valence-electron chi connectivity index (χ0n) is 14.6. The molecule has 0 N–H and O–H groups in total. The molecule has 0 spiro atoms. The van der Waals surface area contributed by atoms with Crippen LogP contribution in [0.25, 0.3) is 10.9 Å². The summed E-state index contributed by atoms with van der Waals surface area (Å²) in [5, 5.41) is 1.55. The SMILES string of the molecule is C=CCn1c(SCc2cccc(C(=O)OC)c2)nc2ccc(Cl)cc2c1=O. The summed E-state index contributed by atoms with van der Waals surface area (Å²) in [4.78, 5) is 29.1. The van der Waals surface area contributed by atoms with E-state index in [1.54, 1.807) is 47.0 Å². The van der Waals surface area contributed by atoms with E-state index in [2.05, 4.69) is 11.6 Å². The molecule has 27 heavy (non-hydrogen) atoms. The number of nitrogens with zero attached hydrogens (tertiary/aromatic N) is 2. The van der Waals surface area contributed by atoms with E-state index in [4.69, 9.17) is 16.3 Å². The normalized spacial score (nSPS) is 10.7. The first kappa shape index (κ1) is 19.2. The van der Waals surface area contributed by atoms with Gasteiger partial charge >= 0.3 is 5.97 Å². The summed E-state index contributed by atoms with van der Waals surface area (Å²) in [5.41, 5.74) is 1.85. The molecule has 7 heteroatoms. The van der Waals surface area contributed by atoms with Crippen molar-refractivity contribution in [2.45, 2.75) is 17.5 Å². The van der Waals surface area contributed by atoms with Gasteiger partial charge in [0.2, 0.25) is 0 Å². The van der Waals surface area contributed by atoms with Crippen LogP contribution in [0.5, 0.6) is 0 Å². The van der Waals surface area contributed by atoms with Gasteiger partial charge in [0.05, 0.1) is 23.6 Å². The Balaban J connectivity index is 1.96. The molecule has 0 radical (unpaired) electrons. The molecule has 0 aliphatic carbocycles. The summed E-state index contributed by atoms with van der Waals surface area (Å²) < 4.78 is 6.32. The number of fused-ring (bicyclic) bond motifs is 1. The third-order valence-electron chi connectivity index (χ3n) is 3.91. The van der Waals surface area contributed by atoms with Gasteiger partial charge in [-0.1, -0.05) is 41.6 Å².